The summed E-state index contributed by atoms with van der Waals surface area (Å²) in [6.45, 7) is 0. The van der Waals surface area contributed by atoms with Crippen LogP contribution < -0.4 is 0 Å². The molecule has 0 aliphatic carbocycles. The Morgan fingerprint density at radius 3 is 1.55 bits per heavy atom. The smallest absolute Gasteiger partial charge is 0.143 e. The van der Waals surface area contributed by atoms with Crippen molar-refractivity contribution in [2.75, 3.05) is 0 Å². The van der Waals surface area contributed by atoms with Gasteiger partial charge in [-0.25, -0.2) is 0 Å². The van der Waals surface area contributed by atoms with Crippen LogP contribution in [0.2, 0.25) is 0 Å². The Labute approximate surface area is 282 Å². The maximum atomic E-state index is 6.30. The number of fused-ring (bicyclic) bond motifs is 9. The lowest BCUT2D eigenvalue weighted by Gasteiger charge is -2.11. The molecule has 0 bridgehead atoms. The van der Waals surface area contributed by atoms with Crippen LogP contribution in [-0.2, 0) is 0 Å². The van der Waals surface area contributed by atoms with Crippen molar-refractivity contribution < 1.29 is 4.42 Å². The molecule has 0 spiro atoms. The van der Waals surface area contributed by atoms with Crippen LogP contribution in [-0.4, -0.2) is 9.97 Å². The molecule has 0 saturated carbocycles. The quantitative estimate of drug-likeness (QED) is 0.183. The fraction of sp³-hybridized carbons (Fsp3) is 0. The van der Waals surface area contributed by atoms with Crippen LogP contribution in [0, 0.1) is 0 Å². The topological polar surface area (TPSA) is 38.9 Å². The number of furan rings is 1. The number of nitrogens with zero attached hydrogens (tertiary/aromatic N) is 2. The molecule has 0 N–H and O–H groups in total. The third-order valence-electron chi connectivity index (χ3n) is 9.79. The number of aromatic nitrogens is 2. The summed E-state index contributed by atoms with van der Waals surface area (Å²) >= 11 is 0. The molecule has 0 unspecified atom stereocenters. The van der Waals surface area contributed by atoms with E-state index >= 15 is 0 Å². The zero-order chi connectivity index (χ0) is 32.3. The Balaban J connectivity index is 0.963. The third-order valence-corrected chi connectivity index (χ3v) is 9.79. The SMILES string of the molecule is c1cc(-c2ccc(-c3ccc4c5ccccc5c5nccnc5c4c3)cc2)cc(-c2ccc(-c3cccc4c3oc3ccccc34)cc2)c1. The van der Waals surface area contributed by atoms with Crippen LogP contribution in [0.3, 0.4) is 0 Å². The second-order valence-corrected chi connectivity index (χ2v) is 12.6. The van der Waals surface area contributed by atoms with Gasteiger partial charge >= 0.3 is 0 Å². The van der Waals surface area contributed by atoms with Gasteiger partial charge in [-0.3, -0.25) is 9.97 Å². The summed E-state index contributed by atoms with van der Waals surface area (Å²) < 4.78 is 6.30. The first-order chi connectivity index (χ1) is 24.3. The summed E-state index contributed by atoms with van der Waals surface area (Å²) in [6, 6.07) is 56.2. The Morgan fingerprint density at radius 1 is 0.327 bits per heavy atom. The van der Waals surface area contributed by atoms with E-state index in [9.17, 15) is 0 Å². The van der Waals surface area contributed by atoms with Gasteiger partial charge in [0.2, 0.25) is 0 Å². The third kappa shape index (κ3) is 4.51. The monoisotopic (exact) mass is 624 g/mol. The first kappa shape index (κ1) is 27.5. The number of hydrogen-bond acceptors (Lipinski definition) is 3. The Bertz CT molecular complexity index is 2830. The standard InChI is InChI=1S/C46H28N2O/c1-2-11-40-37(9-1)38-24-23-35(28-42(38)45-44(40)47-25-26-48-45)31-17-15-29(16-18-31)33-7-5-8-34(27-33)30-19-21-32(22-20-30)36-12-6-13-41-39-10-3-4-14-43(39)49-46(36)41/h1-28H. The highest BCUT2D eigenvalue weighted by Gasteiger charge is 2.13. The summed E-state index contributed by atoms with van der Waals surface area (Å²) in [4.78, 5) is 9.46. The van der Waals surface area contributed by atoms with Gasteiger partial charge in [-0.2, -0.15) is 0 Å². The average molecular weight is 625 g/mol. The van der Waals surface area contributed by atoms with Crippen molar-refractivity contribution >= 4 is 54.5 Å². The molecule has 0 radical (unpaired) electrons. The van der Waals surface area contributed by atoms with E-state index in [2.05, 4.69) is 146 Å². The molecule has 0 atom stereocenters. The molecule has 2 aromatic heterocycles. The molecule has 0 saturated heterocycles. The van der Waals surface area contributed by atoms with E-state index in [4.69, 9.17) is 14.4 Å². The lowest BCUT2D eigenvalue weighted by molar-refractivity contribution is 0.670. The van der Waals surface area contributed by atoms with Crippen molar-refractivity contribution in [3.8, 4) is 44.5 Å². The molecular weight excluding hydrogens is 597 g/mol. The minimum absolute atomic E-state index is 0.917. The zero-order valence-corrected chi connectivity index (χ0v) is 26.5. The maximum absolute atomic E-state index is 6.30. The fourth-order valence-electron chi connectivity index (χ4n) is 7.36. The Hall–Kier alpha value is -6.58. The van der Waals surface area contributed by atoms with E-state index in [1.54, 1.807) is 12.4 Å². The van der Waals surface area contributed by atoms with E-state index in [-0.39, 0.29) is 0 Å². The van der Waals surface area contributed by atoms with Gasteiger partial charge in [0.15, 0.2) is 0 Å². The lowest BCUT2D eigenvalue weighted by atomic mass is 9.94. The molecule has 0 fully saturated rings. The van der Waals surface area contributed by atoms with Crippen LogP contribution in [0.5, 0.6) is 0 Å². The molecule has 8 aromatic carbocycles. The zero-order valence-electron chi connectivity index (χ0n) is 26.5. The summed E-state index contributed by atoms with van der Waals surface area (Å²) in [5.74, 6) is 0. The van der Waals surface area contributed by atoms with Gasteiger partial charge in [-0.1, -0.05) is 140 Å². The molecule has 0 amide bonds. The van der Waals surface area contributed by atoms with Crippen molar-refractivity contribution in [3.05, 3.63) is 170 Å². The van der Waals surface area contributed by atoms with Crippen molar-refractivity contribution in [1.29, 1.82) is 0 Å². The maximum Gasteiger partial charge on any atom is 0.143 e. The van der Waals surface area contributed by atoms with Crippen molar-refractivity contribution in [3.63, 3.8) is 0 Å². The van der Waals surface area contributed by atoms with Gasteiger partial charge in [0.25, 0.3) is 0 Å². The molecule has 2 heterocycles. The summed E-state index contributed by atoms with van der Waals surface area (Å²) in [6.07, 6.45) is 3.56. The van der Waals surface area contributed by atoms with Crippen molar-refractivity contribution in [2.24, 2.45) is 0 Å². The van der Waals surface area contributed by atoms with E-state index in [0.717, 1.165) is 60.4 Å². The lowest BCUT2D eigenvalue weighted by Crippen LogP contribution is -1.89. The van der Waals surface area contributed by atoms with Gasteiger partial charge in [-0.05, 0) is 67.9 Å². The van der Waals surface area contributed by atoms with Crippen molar-refractivity contribution in [2.45, 2.75) is 0 Å². The van der Waals surface area contributed by atoms with Gasteiger partial charge in [0.1, 0.15) is 11.2 Å². The fourth-order valence-corrected chi connectivity index (χ4v) is 7.36. The predicted octanol–water partition coefficient (Wildman–Crippen LogP) is 12.5. The Morgan fingerprint density at radius 2 is 0.837 bits per heavy atom. The largest absolute Gasteiger partial charge is 0.455 e. The Kier molecular flexibility index (Phi) is 6.18. The van der Waals surface area contributed by atoms with Crippen LogP contribution in [0.15, 0.2) is 175 Å². The summed E-state index contributed by atoms with van der Waals surface area (Å²) in [5, 5.41) is 6.94. The molecule has 0 aliphatic heterocycles. The number of hydrogen-bond donors (Lipinski definition) is 0. The highest BCUT2D eigenvalue weighted by Crippen LogP contribution is 2.38. The minimum atomic E-state index is 0.917. The molecule has 49 heavy (non-hydrogen) atoms. The number of benzene rings is 8. The van der Waals surface area contributed by atoms with E-state index in [0.29, 0.717) is 0 Å². The number of para-hydroxylation sites is 2. The van der Waals surface area contributed by atoms with Crippen LogP contribution in [0.25, 0.3) is 99.0 Å². The molecule has 3 heteroatoms. The van der Waals surface area contributed by atoms with E-state index in [1.165, 1.54) is 38.6 Å². The van der Waals surface area contributed by atoms with E-state index in [1.807, 2.05) is 12.1 Å². The molecule has 0 aliphatic rings. The first-order valence-electron chi connectivity index (χ1n) is 16.6. The van der Waals surface area contributed by atoms with Crippen LogP contribution in [0.4, 0.5) is 0 Å². The number of rotatable bonds is 4. The molecular formula is C46H28N2O. The highest BCUT2D eigenvalue weighted by molar-refractivity contribution is 6.23. The van der Waals surface area contributed by atoms with Gasteiger partial charge in [0.05, 0.1) is 11.0 Å². The van der Waals surface area contributed by atoms with Gasteiger partial charge < -0.3 is 4.42 Å². The average Bonchev–Trinajstić information content (AvgIpc) is 3.57. The van der Waals surface area contributed by atoms with Crippen LogP contribution >= 0.6 is 0 Å². The summed E-state index contributed by atoms with van der Waals surface area (Å²) in [7, 11) is 0. The van der Waals surface area contributed by atoms with Crippen LogP contribution in [0.1, 0.15) is 0 Å². The minimum Gasteiger partial charge on any atom is -0.455 e. The second kappa shape index (κ2) is 11.0. The molecule has 3 nitrogen and oxygen atoms in total. The van der Waals surface area contributed by atoms with Gasteiger partial charge in [-0.15, -0.1) is 0 Å². The van der Waals surface area contributed by atoms with Crippen molar-refractivity contribution in [1.82, 2.24) is 9.97 Å². The summed E-state index contributed by atoms with van der Waals surface area (Å²) in [5.41, 5.74) is 13.0. The van der Waals surface area contributed by atoms with E-state index < -0.39 is 0 Å². The highest BCUT2D eigenvalue weighted by atomic mass is 16.3. The molecule has 228 valence electrons. The molecule has 10 rings (SSSR count). The first-order valence-corrected chi connectivity index (χ1v) is 16.6. The van der Waals surface area contributed by atoms with Gasteiger partial charge in [0, 0.05) is 39.5 Å². The normalized spacial score (nSPS) is 11.7. The predicted molar refractivity (Wildman–Crippen MR) is 204 cm³/mol. The second-order valence-electron chi connectivity index (χ2n) is 12.6. The molecule has 10 aromatic rings.